The molecule has 0 spiro atoms. The lowest BCUT2D eigenvalue weighted by atomic mass is 10.3. The van der Waals surface area contributed by atoms with E-state index in [1.54, 1.807) is 0 Å². The second-order valence-corrected chi connectivity index (χ2v) is 6.00. The Morgan fingerprint density at radius 2 is 1.95 bits per heavy atom. The van der Waals surface area contributed by atoms with Gasteiger partial charge in [-0.25, -0.2) is 4.98 Å². The Bertz CT molecular complexity index is 847. The number of nitrogens with zero attached hydrogens (tertiary/aromatic N) is 3. The average Bonchev–Trinajstić information content (AvgIpc) is 2.94. The second-order valence-electron chi connectivity index (χ2n) is 4.24. The second kappa shape index (κ2) is 6.08. The average molecular weight is 354 g/mol. The van der Waals surface area contributed by atoms with Crippen LogP contribution < -0.4 is 4.74 Å². The van der Waals surface area contributed by atoms with Crippen LogP contribution in [0, 0.1) is 0 Å². The Morgan fingerprint density at radius 1 is 1.18 bits per heavy atom. The molecule has 5 nitrogen and oxygen atoms in total. The predicted molar refractivity (Wildman–Crippen MR) is 88.5 cm³/mol. The first kappa shape index (κ1) is 15.0. The number of benzene rings is 2. The van der Waals surface area contributed by atoms with Gasteiger partial charge in [0.15, 0.2) is 5.75 Å². The van der Waals surface area contributed by atoms with Crippen molar-refractivity contribution in [1.82, 2.24) is 4.98 Å². The molecule has 0 saturated carbocycles. The SMILES string of the molecule is COc1cc(O)c(Cl)c(Cl)c1N=Nc1nc2ccccc2s1. The molecule has 112 valence electrons. The van der Waals surface area contributed by atoms with Crippen LogP contribution in [0.4, 0.5) is 10.8 Å². The number of hydrogen-bond donors (Lipinski definition) is 1. The molecule has 0 aliphatic heterocycles. The highest BCUT2D eigenvalue weighted by Crippen LogP contribution is 2.45. The summed E-state index contributed by atoms with van der Waals surface area (Å²) in [5.74, 6) is 0.0965. The molecule has 0 unspecified atom stereocenters. The molecule has 0 aliphatic carbocycles. The van der Waals surface area contributed by atoms with Gasteiger partial charge in [0.05, 0.1) is 22.3 Å². The minimum Gasteiger partial charge on any atom is -0.506 e. The predicted octanol–water partition coefficient (Wildman–Crippen LogP) is 5.73. The van der Waals surface area contributed by atoms with Crippen molar-refractivity contribution in [2.24, 2.45) is 10.2 Å². The van der Waals surface area contributed by atoms with Gasteiger partial charge in [-0.1, -0.05) is 46.7 Å². The van der Waals surface area contributed by atoms with Crippen LogP contribution in [-0.2, 0) is 0 Å². The van der Waals surface area contributed by atoms with Crippen molar-refractivity contribution in [2.75, 3.05) is 7.11 Å². The summed E-state index contributed by atoms with van der Waals surface area (Å²) < 4.78 is 6.15. The summed E-state index contributed by atoms with van der Waals surface area (Å²) in [6, 6.07) is 9.03. The molecular weight excluding hydrogens is 345 g/mol. The molecule has 8 heteroatoms. The molecular formula is C14H9Cl2N3O2S. The maximum atomic E-state index is 9.64. The number of halogens is 2. The normalized spacial score (nSPS) is 11.4. The lowest BCUT2D eigenvalue weighted by Crippen LogP contribution is -1.85. The number of thiazole rings is 1. The number of rotatable bonds is 3. The molecule has 0 radical (unpaired) electrons. The minimum absolute atomic E-state index is 0.000663. The fourth-order valence-corrected chi connectivity index (χ4v) is 2.98. The third-order valence-corrected chi connectivity index (χ3v) is 4.63. The van der Waals surface area contributed by atoms with Crippen LogP contribution in [0.3, 0.4) is 0 Å². The number of methoxy groups -OCH3 is 1. The first-order valence-corrected chi connectivity index (χ1v) is 7.69. The highest BCUT2D eigenvalue weighted by molar-refractivity contribution is 7.21. The molecule has 1 N–H and O–H groups in total. The molecule has 0 bridgehead atoms. The molecule has 1 aromatic heterocycles. The van der Waals surface area contributed by atoms with Gasteiger partial charge in [-0.05, 0) is 12.1 Å². The van der Waals surface area contributed by atoms with Crippen LogP contribution in [0.15, 0.2) is 40.6 Å². The molecule has 0 saturated heterocycles. The van der Waals surface area contributed by atoms with Crippen LogP contribution in [0.5, 0.6) is 11.5 Å². The topological polar surface area (TPSA) is 67.1 Å². The number of aromatic nitrogens is 1. The Labute approximate surface area is 139 Å². The zero-order chi connectivity index (χ0) is 15.7. The van der Waals surface area contributed by atoms with Crippen LogP contribution in [-0.4, -0.2) is 17.2 Å². The number of fused-ring (bicyclic) bond motifs is 1. The first-order valence-electron chi connectivity index (χ1n) is 6.12. The van der Waals surface area contributed by atoms with E-state index in [1.807, 2.05) is 24.3 Å². The summed E-state index contributed by atoms with van der Waals surface area (Å²) in [7, 11) is 1.44. The third kappa shape index (κ3) is 2.72. The van der Waals surface area contributed by atoms with Gasteiger partial charge in [0.1, 0.15) is 16.5 Å². The number of aromatic hydroxyl groups is 1. The Morgan fingerprint density at radius 3 is 2.68 bits per heavy atom. The van der Waals surface area contributed by atoms with Crippen LogP contribution in [0.1, 0.15) is 0 Å². The summed E-state index contributed by atoms with van der Waals surface area (Å²) in [4.78, 5) is 4.34. The zero-order valence-corrected chi connectivity index (χ0v) is 13.6. The monoisotopic (exact) mass is 353 g/mol. The van der Waals surface area contributed by atoms with Crippen molar-refractivity contribution < 1.29 is 9.84 Å². The number of azo groups is 1. The van der Waals surface area contributed by atoms with E-state index in [0.29, 0.717) is 5.13 Å². The fraction of sp³-hybridized carbons (Fsp3) is 0.0714. The smallest absolute Gasteiger partial charge is 0.231 e. The Kier molecular flexibility index (Phi) is 4.15. The summed E-state index contributed by atoms with van der Waals surface area (Å²) in [5, 5.41) is 18.3. The van der Waals surface area contributed by atoms with Gasteiger partial charge in [-0.2, -0.15) is 0 Å². The van der Waals surface area contributed by atoms with Crippen molar-refractivity contribution in [3.05, 3.63) is 40.4 Å². The molecule has 0 atom stereocenters. The quantitative estimate of drug-likeness (QED) is 0.611. The summed E-state index contributed by atoms with van der Waals surface area (Å²) in [6.07, 6.45) is 0. The molecule has 3 aromatic rings. The van der Waals surface area contributed by atoms with E-state index in [2.05, 4.69) is 15.2 Å². The number of phenols is 1. The fourth-order valence-electron chi connectivity index (χ4n) is 1.82. The van der Waals surface area contributed by atoms with Gasteiger partial charge in [0.25, 0.3) is 0 Å². The van der Waals surface area contributed by atoms with Crippen LogP contribution in [0.2, 0.25) is 10.0 Å². The lowest BCUT2D eigenvalue weighted by Gasteiger charge is -2.08. The standard InChI is InChI=1S/C14H9Cl2N3O2S/c1-21-9-6-8(20)11(15)12(16)13(9)18-19-14-17-7-4-2-3-5-10(7)22-14/h2-6,20H,1H3. The van der Waals surface area contributed by atoms with E-state index in [-0.39, 0.29) is 27.2 Å². The Balaban J connectivity index is 2.03. The summed E-state index contributed by atoms with van der Waals surface area (Å²) in [6.45, 7) is 0. The molecule has 0 amide bonds. The minimum atomic E-state index is -0.178. The zero-order valence-electron chi connectivity index (χ0n) is 11.2. The summed E-state index contributed by atoms with van der Waals surface area (Å²) >= 11 is 13.4. The van der Waals surface area contributed by atoms with Gasteiger partial charge in [0.2, 0.25) is 5.13 Å². The molecule has 1 heterocycles. The number of phenolic OH excluding ortho intramolecular Hbond substituents is 1. The first-order chi connectivity index (χ1) is 10.6. The van der Waals surface area contributed by atoms with Crippen molar-refractivity contribution in [1.29, 1.82) is 0 Å². The molecule has 0 fully saturated rings. The third-order valence-electron chi connectivity index (χ3n) is 2.86. The summed E-state index contributed by atoms with van der Waals surface area (Å²) in [5.41, 5.74) is 1.09. The van der Waals surface area contributed by atoms with E-state index in [9.17, 15) is 5.11 Å². The van der Waals surface area contributed by atoms with Gasteiger partial charge >= 0.3 is 0 Å². The van der Waals surface area contributed by atoms with E-state index in [4.69, 9.17) is 27.9 Å². The largest absolute Gasteiger partial charge is 0.506 e. The van der Waals surface area contributed by atoms with Crippen molar-refractivity contribution in [2.45, 2.75) is 0 Å². The molecule has 2 aromatic carbocycles. The van der Waals surface area contributed by atoms with Crippen molar-refractivity contribution >= 4 is 55.6 Å². The maximum Gasteiger partial charge on any atom is 0.231 e. The van der Waals surface area contributed by atoms with Gasteiger partial charge in [-0.3, -0.25) is 0 Å². The number of ether oxygens (including phenoxy) is 1. The molecule has 3 rings (SSSR count). The van der Waals surface area contributed by atoms with Gasteiger partial charge < -0.3 is 9.84 Å². The number of para-hydroxylation sites is 1. The maximum absolute atomic E-state index is 9.64. The van der Waals surface area contributed by atoms with Crippen LogP contribution >= 0.6 is 34.5 Å². The Hall–Kier alpha value is -1.89. The van der Waals surface area contributed by atoms with E-state index >= 15 is 0 Å². The lowest BCUT2D eigenvalue weighted by molar-refractivity contribution is 0.409. The van der Waals surface area contributed by atoms with E-state index in [0.717, 1.165) is 10.2 Å². The van der Waals surface area contributed by atoms with Crippen LogP contribution in [0.25, 0.3) is 10.2 Å². The van der Waals surface area contributed by atoms with E-state index < -0.39 is 0 Å². The van der Waals surface area contributed by atoms with E-state index in [1.165, 1.54) is 24.5 Å². The molecule has 0 aliphatic rings. The highest BCUT2D eigenvalue weighted by Gasteiger charge is 2.16. The number of hydrogen-bond acceptors (Lipinski definition) is 6. The molecule has 22 heavy (non-hydrogen) atoms. The van der Waals surface area contributed by atoms with Crippen molar-refractivity contribution in [3.8, 4) is 11.5 Å². The van der Waals surface area contributed by atoms with Gasteiger partial charge in [-0.15, -0.1) is 10.2 Å². The van der Waals surface area contributed by atoms with Crippen molar-refractivity contribution in [3.63, 3.8) is 0 Å². The highest BCUT2D eigenvalue weighted by atomic mass is 35.5. The van der Waals surface area contributed by atoms with Gasteiger partial charge in [0, 0.05) is 6.07 Å².